The summed E-state index contributed by atoms with van der Waals surface area (Å²) >= 11 is 0. The number of amides is 1. The number of nitrogens with one attached hydrogen (secondary N) is 1. The molecule has 1 aromatic carbocycles. The van der Waals surface area contributed by atoms with Gasteiger partial charge in [-0.2, -0.15) is 5.10 Å². The van der Waals surface area contributed by atoms with Crippen molar-refractivity contribution in [1.82, 2.24) is 5.43 Å². The molecule has 112 valence electrons. The topological polar surface area (TPSA) is 58.5 Å². The smallest absolute Gasteiger partial charge is 0.240 e. The Balaban J connectivity index is 1.83. The molecule has 1 aromatic rings. The van der Waals surface area contributed by atoms with Crippen LogP contribution >= 0.6 is 0 Å². The fourth-order valence-electron chi connectivity index (χ4n) is 2.68. The number of ketones is 1. The van der Waals surface area contributed by atoms with E-state index in [1.54, 1.807) is 0 Å². The molecular formula is C17H22N2O2. The third kappa shape index (κ3) is 5.14. The molecule has 4 heteroatoms. The maximum Gasteiger partial charge on any atom is 0.240 e. The zero-order chi connectivity index (χ0) is 15.3. The van der Waals surface area contributed by atoms with Crippen LogP contribution in [-0.2, 0) is 16.0 Å². The fourth-order valence-corrected chi connectivity index (χ4v) is 2.68. The van der Waals surface area contributed by atoms with Gasteiger partial charge in [-0.05, 0) is 23.8 Å². The van der Waals surface area contributed by atoms with E-state index in [1.165, 1.54) is 0 Å². The van der Waals surface area contributed by atoms with Crippen LogP contribution in [0.25, 0.3) is 0 Å². The third-order valence-corrected chi connectivity index (χ3v) is 3.58. The van der Waals surface area contributed by atoms with E-state index in [0.29, 0.717) is 25.7 Å². The summed E-state index contributed by atoms with van der Waals surface area (Å²) < 4.78 is 0. The van der Waals surface area contributed by atoms with Crippen LogP contribution < -0.4 is 5.43 Å². The lowest BCUT2D eigenvalue weighted by atomic mass is 9.76. The average molecular weight is 286 g/mol. The first-order chi connectivity index (χ1) is 9.94. The summed E-state index contributed by atoms with van der Waals surface area (Å²) in [6.45, 7) is 4.10. The van der Waals surface area contributed by atoms with Gasteiger partial charge < -0.3 is 0 Å². The molecule has 1 amide bonds. The monoisotopic (exact) mass is 286 g/mol. The van der Waals surface area contributed by atoms with Crippen molar-refractivity contribution in [3.63, 3.8) is 0 Å². The van der Waals surface area contributed by atoms with Gasteiger partial charge in [0.15, 0.2) is 0 Å². The Hall–Kier alpha value is -1.97. The molecule has 1 saturated carbocycles. The van der Waals surface area contributed by atoms with E-state index in [2.05, 4.69) is 24.4 Å². The number of aryl methyl sites for hydroxylation is 1. The normalized spacial score (nSPS) is 19.5. The van der Waals surface area contributed by atoms with Crippen LogP contribution in [0.5, 0.6) is 0 Å². The van der Waals surface area contributed by atoms with Gasteiger partial charge in [0.05, 0.1) is 0 Å². The second-order valence-corrected chi connectivity index (χ2v) is 6.43. The van der Waals surface area contributed by atoms with E-state index in [4.69, 9.17) is 0 Å². The summed E-state index contributed by atoms with van der Waals surface area (Å²) in [5.41, 5.74) is 4.44. The summed E-state index contributed by atoms with van der Waals surface area (Å²) in [6, 6.07) is 9.88. The van der Waals surface area contributed by atoms with E-state index in [0.717, 1.165) is 17.7 Å². The Morgan fingerprint density at radius 1 is 1.24 bits per heavy atom. The van der Waals surface area contributed by atoms with Gasteiger partial charge in [0, 0.05) is 25.0 Å². The number of carbonyl (C=O) groups excluding carboxylic acids is 2. The van der Waals surface area contributed by atoms with Crippen molar-refractivity contribution in [2.24, 2.45) is 10.5 Å². The molecule has 0 bridgehead atoms. The minimum Gasteiger partial charge on any atom is -0.299 e. The summed E-state index contributed by atoms with van der Waals surface area (Å²) in [5.74, 6) is 0.0886. The van der Waals surface area contributed by atoms with Crippen LogP contribution in [0.15, 0.2) is 35.4 Å². The Morgan fingerprint density at radius 2 is 1.95 bits per heavy atom. The van der Waals surface area contributed by atoms with Crippen molar-refractivity contribution in [2.75, 3.05) is 0 Å². The van der Waals surface area contributed by atoms with E-state index in [1.807, 2.05) is 30.3 Å². The highest BCUT2D eigenvalue weighted by Gasteiger charge is 2.30. The van der Waals surface area contributed by atoms with E-state index in [9.17, 15) is 9.59 Å². The second kappa shape index (κ2) is 6.66. The zero-order valence-corrected chi connectivity index (χ0v) is 12.7. The summed E-state index contributed by atoms with van der Waals surface area (Å²) in [5, 5.41) is 4.14. The molecule has 21 heavy (non-hydrogen) atoms. The minimum atomic E-state index is -0.109. The zero-order valence-electron chi connectivity index (χ0n) is 12.7. The van der Waals surface area contributed by atoms with Gasteiger partial charge in [0.1, 0.15) is 5.78 Å². The lowest BCUT2D eigenvalue weighted by Gasteiger charge is -2.28. The van der Waals surface area contributed by atoms with Crippen LogP contribution in [0.3, 0.4) is 0 Å². The molecule has 1 fully saturated rings. The van der Waals surface area contributed by atoms with E-state index in [-0.39, 0.29) is 17.1 Å². The standard InChI is InChI=1S/C17H22N2O2/c1-17(2)11-14(10-15(20)12-17)18-19-16(21)9-8-13-6-4-3-5-7-13/h3-7H,8-12H2,1-2H3,(H,19,21). The first-order valence-electron chi connectivity index (χ1n) is 7.34. The first kappa shape index (κ1) is 15.4. The average Bonchev–Trinajstić information content (AvgIpc) is 2.42. The lowest BCUT2D eigenvalue weighted by molar-refractivity contribution is -0.122. The quantitative estimate of drug-likeness (QED) is 0.865. The molecule has 1 N–H and O–H groups in total. The SMILES string of the molecule is CC1(C)CC(=O)CC(=NNC(=O)CCc2ccccc2)C1. The molecule has 1 aliphatic carbocycles. The predicted octanol–water partition coefficient (Wildman–Crippen LogP) is 2.87. The van der Waals surface area contributed by atoms with Gasteiger partial charge in [-0.15, -0.1) is 0 Å². The van der Waals surface area contributed by atoms with Crippen molar-refractivity contribution in [1.29, 1.82) is 0 Å². The molecular weight excluding hydrogens is 264 g/mol. The maximum atomic E-state index is 11.8. The minimum absolute atomic E-state index is 0.0526. The summed E-state index contributed by atoms with van der Waals surface area (Å²) in [7, 11) is 0. The van der Waals surface area contributed by atoms with Crippen molar-refractivity contribution in [3.05, 3.63) is 35.9 Å². The maximum absolute atomic E-state index is 11.8. The number of hydrogen-bond donors (Lipinski definition) is 1. The van der Waals surface area contributed by atoms with Gasteiger partial charge in [-0.1, -0.05) is 44.2 Å². The Bertz CT molecular complexity index is 547. The molecule has 0 unspecified atom stereocenters. The van der Waals surface area contributed by atoms with Crippen LogP contribution in [0.1, 0.15) is 45.1 Å². The molecule has 0 aromatic heterocycles. The number of nitrogens with zero attached hydrogens (tertiary/aromatic N) is 1. The van der Waals surface area contributed by atoms with Gasteiger partial charge in [0.25, 0.3) is 0 Å². The van der Waals surface area contributed by atoms with Crippen LogP contribution in [0, 0.1) is 5.41 Å². The molecule has 0 saturated heterocycles. The van der Waals surface area contributed by atoms with E-state index >= 15 is 0 Å². The molecule has 0 radical (unpaired) electrons. The lowest BCUT2D eigenvalue weighted by Crippen LogP contribution is -2.31. The molecule has 1 aliphatic rings. The Kier molecular flexibility index (Phi) is 4.89. The van der Waals surface area contributed by atoms with E-state index < -0.39 is 0 Å². The van der Waals surface area contributed by atoms with Crippen LogP contribution in [0.2, 0.25) is 0 Å². The van der Waals surface area contributed by atoms with Gasteiger partial charge in [-0.3, -0.25) is 9.59 Å². The molecule has 0 heterocycles. The number of hydrazone groups is 1. The van der Waals surface area contributed by atoms with Gasteiger partial charge >= 0.3 is 0 Å². The highest BCUT2D eigenvalue weighted by atomic mass is 16.2. The van der Waals surface area contributed by atoms with Crippen molar-refractivity contribution in [2.45, 2.75) is 46.0 Å². The van der Waals surface area contributed by atoms with Crippen molar-refractivity contribution < 1.29 is 9.59 Å². The molecule has 0 spiro atoms. The summed E-state index contributed by atoms with van der Waals surface area (Å²) in [4.78, 5) is 23.4. The number of Topliss-reactive ketones (excluding diaryl/α,β-unsaturated/α-hetero) is 1. The van der Waals surface area contributed by atoms with Crippen molar-refractivity contribution >= 4 is 17.4 Å². The number of carbonyl (C=O) groups is 2. The van der Waals surface area contributed by atoms with Crippen LogP contribution in [0.4, 0.5) is 0 Å². The van der Waals surface area contributed by atoms with Crippen molar-refractivity contribution in [3.8, 4) is 0 Å². The highest BCUT2D eigenvalue weighted by Crippen LogP contribution is 2.31. The predicted molar refractivity (Wildman–Crippen MR) is 83.0 cm³/mol. The second-order valence-electron chi connectivity index (χ2n) is 6.43. The molecule has 4 nitrogen and oxygen atoms in total. The van der Waals surface area contributed by atoms with Gasteiger partial charge in [0.2, 0.25) is 5.91 Å². The molecule has 0 aliphatic heterocycles. The first-order valence-corrected chi connectivity index (χ1v) is 7.34. The fraction of sp³-hybridized carbons (Fsp3) is 0.471. The molecule has 2 rings (SSSR count). The van der Waals surface area contributed by atoms with Gasteiger partial charge in [-0.25, -0.2) is 5.43 Å². The van der Waals surface area contributed by atoms with Crippen LogP contribution in [-0.4, -0.2) is 17.4 Å². The molecule has 0 atom stereocenters. The largest absolute Gasteiger partial charge is 0.299 e. The summed E-state index contributed by atoms with van der Waals surface area (Å²) in [6.07, 6.45) is 2.81. The number of benzene rings is 1. The highest BCUT2D eigenvalue weighted by molar-refractivity contribution is 6.05. The third-order valence-electron chi connectivity index (χ3n) is 3.58. The Morgan fingerprint density at radius 3 is 2.62 bits per heavy atom. The number of hydrogen-bond acceptors (Lipinski definition) is 3. The Labute approximate surface area is 125 Å². The number of rotatable bonds is 4.